The van der Waals surface area contributed by atoms with Crippen molar-refractivity contribution in [1.29, 1.82) is 0 Å². The van der Waals surface area contributed by atoms with E-state index in [1.165, 1.54) is 12.1 Å². The van der Waals surface area contributed by atoms with E-state index < -0.39 is 11.4 Å². The average Bonchev–Trinajstić information content (AvgIpc) is 3.85. The van der Waals surface area contributed by atoms with E-state index in [2.05, 4.69) is 10.1 Å². The quantitative estimate of drug-likeness (QED) is 0.261. The Labute approximate surface area is 233 Å². The van der Waals surface area contributed by atoms with Gasteiger partial charge in [-0.05, 0) is 68.1 Å². The van der Waals surface area contributed by atoms with Crippen LogP contribution in [-0.4, -0.2) is 27.1 Å². The number of rotatable bonds is 7. The van der Waals surface area contributed by atoms with Crippen molar-refractivity contribution >= 4 is 46.6 Å². The van der Waals surface area contributed by atoms with Gasteiger partial charge in [-0.2, -0.15) is 0 Å². The van der Waals surface area contributed by atoms with Gasteiger partial charge in [0.2, 0.25) is 5.91 Å². The molecule has 2 fully saturated rings. The van der Waals surface area contributed by atoms with Crippen LogP contribution < -0.4 is 9.64 Å². The molecule has 2 saturated carbocycles. The van der Waals surface area contributed by atoms with Gasteiger partial charge in [0.15, 0.2) is 0 Å². The fraction of sp³-hybridized carbons (Fsp3) is 0.241. The first-order valence-electron chi connectivity index (χ1n) is 12.6. The number of aromatic carboxylic acids is 1. The molecule has 2 aliphatic carbocycles. The number of hydrogen-bond acceptors (Lipinski definition) is 6. The first kappa shape index (κ1) is 24.2. The van der Waals surface area contributed by atoms with Crippen LogP contribution in [0.3, 0.4) is 0 Å². The van der Waals surface area contributed by atoms with Crippen molar-refractivity contribution in [3.63, 3.8) is 0 Å². The lowest BCUT2D eigenvalue weighted by molar-refractivity contribution is -0.119. The van der Waals surface area contributed by atoms with Gasteiger partial charge >= 0.3 is 5.97 Å². The molecule has 10 heteroatoms. The Balaban J connectivity index is 1.21. The number of ether oxygens (including phenoxy) is 1. The van der Waals surface area contributed by atoms with Gasteiger partial charge in [-0.3, -0.25) is 9.69 Å². The molecule has 3 aliphatic rings. The van der Waals surface area contributed by atoms with Crippen molar-refractivity contribution in [2.45, 2.75) is 43.6 Å². The summed E-state index contributed by atoms with van der Waals surface area (Å²) in [6, 6.07) is 13.4. The number of carboxylic acid groups (broad SMARTS) is 1. The second-order valence-electron chi connectivity index (χ2n) is 10.2. The van der Waals surface area contributed by atoms with Crippen LogP contribution in [0.2, 0.25) is 10.0 Å². The molecule has 1 N–H and O–H groups in total. The van der Waals surface area contributed by atoms with Gasteiger partial charge in [-0.25, -0.2) is 9.78 Å². The predicted octanol–water partition coefficient (Wildman–Crippen LogP) is 6.91. The average molecular weight is 562 g/mol. The summed E-state index contributed by atoms with van der Waals surface area (Å²) in [5, 5.41) is 14.5. The highest BCUT2D eigenvalue weighted by molar-refractivity contribution is 6.39. The van der Waals surface area contributed by atoms with Gasteiger partial charge in [0.1, 0.15) is 29.6 Å². The second kappa shape index (κ2) is 8.83. The molecule has 0 unspecified atom stereocenters. The van der Waals surface area contributed by atoms with Crippen molar-refractivity contribution in [1.82, 2.24) is 10.1 Å². The molecular weight excluding hydrogens is 541 g/mol. The predicted molar refractivity (Wildman–Crippen MR) is 144 cm³/mol. The Morgan fingerprint density at radius 1 is 1.13 bits per heavy atom. The largest absolute Gasteiger partial charge is 0.487 e. The Morgan fingerprint density at radius 2 is 1.85 bits per heavy atom. The van der Waals surface area contributed by atoms with E-state index in [4.69, 9.17) is 32.5 Å². The molecule has 2 aromatic heterocycles. The zero-order chi connectivity index (χ0) is 26.9. The molecule has 7 rings (SSSR count). The van der Waals surface area contributed by atoms with Crippen LogP contribution in [0, 0.1) is 0 Å². The van der Waals surface area contributed by atoms with Gasteiger partial charge in [-0.1, -0.05) is 34.4 Å². The summed E-state index contributed by atoms with van der Waals surface area (Å²) in [6.45, 7) is 0.175. The fourth-order valence-electron chi connectivity index (χ4n) is 5.28. The van der Waals surface area contributed by atoms with Crippen LogP contribution >= 0.6 is 23.2 Å². The van der Waals surface area contributed by atoms with Crippen molar-refractivity contribution in [2.75, 3.05) is 4.90 Å². The molecule has 1 amide bonds. The number of benzene rings is 2. The molecule has 0 saturated heterocycles. The summed E-state index contributed by atoms with van der Waals surface area (Å²) in [5.41, 5.74) is 2.89. The molecule has 39 heavy (non-hydrogen) atoms. The minimum atomic E-state index is -1.02. The second-order valence-corrected chi connectivity index (χ2v) is 11.0. The number of hydrogen-bond donors (Lipinski definition) is 1. The van der Waals surface area contributed by atoms with E-state index in [1.807, 2.05) is 6.07 Å². The van der Waals surface area contributed by atoms with E-state index in [0.29, 0.717) is 38.6 Å². The number of halogens is 2. The molecule has 8 nitrogen and oxygen atoms in total. The Kier molecular flexibility index (Phi) is 5.47. The number of fused-ring (bicyclic) bond motifs is 2. The first-order chi connectivity index (χ1) is 18.9. The van der Waals surface area contributed by atoms with E-state index in [9.17, 15) is 14.7 Å². The van der Waals surface area contributed by atoms with Crippen LogP contribution in [-0.2, 0) is 16.8 Å². The Bertz CT molecular complexity index is 1640. The molecule has 0 radical (unpaired) electrons. The molecule has 3 heterocycles. The highest BCUT2D eigenvalue weighted by atomic mass is 35.5. The lowest BCUT2D eigenvalue weighted by Crippen LogP contribution is -2.28. The van der Waals surface area contributed by atoms with Crippen molar-refractivity contribution in [2.24, 2.45) is 0 Å². The van der Waals surface area contributed by atoms with Gasteiger partial charge < -0.3 is 14.4 Å². The van der Waals surface area contributed by atoms with Crippen molar-refractivity contribution < 1.29 is 24.0 Å². The zero-order valence-corrected chi connectivity index (χ0v) is 22.0. The normalized spacial score (nSPS) is 17.0. The maximum atomic E-state index is 13.5. The summed E-state index contributed by atoms with van der Waals surface area (Å²) in [5.74, 6) is 1.05. The number of carbonyl (C=O) groups is 2. The molecule has 4 aromatic rings. The Morgan fingerprint density at radius 3 is 2.49 bits per heavy atom. The summed E-state index contributed by atoms with van der Waals surface area (Å²) in [7, 11) is 0. The molecule has 1 spiro atoms. The van der Waals surface area contributed by atoms with E-state index in [0.717, 1.165) is 42.6 Å². The van der Waals surface area contributed by atoms with E-state index in [-0.39, 0.29) is 24.0 Å². The number of carboxylic acids is 1. The number of amides is 1. The molecule has 196 valence electrons. The highest BCUT2D eigenvalue weighted by Gasteiger charge is 2.60. The summed E-state index contributed by atoms with van der Waals surface area (Å²) in [4.78, 5) is 30.9. The molecular formula is C29H21Cl2N3O5. The lowest BCUT2D eigenvalue weighted by atomic mass is 9.99. The molecule has 0 bridgehead atoms. The summed E-state index contributed by atoms with van der Waals surface area (Å²) < 4.78 is 12.0. The van der Waals surface area contributed by atoms with Crippen LogP contribution in [0.25, 0.3) is 11.3 Å². The third-order valence-corrected chi connectivity index (χ3v) is 8.28. The maximum Gasteiger partial charge on any atom is 0.335 e. The zero-order valence-electron chi connectivity index (χ0n) is 20.5. The first-order valence-corrected chi connectivity index (χ1v) is 13.4. The summed E-state index contributed by atoms with van der Waals surface area (Å²) in [6.07, 6.45) is 5.08. The van der Waals surface area contributed by atoms with Gasteiger partial charge in [0.05, 0.1) is 38.5 Å². The number of pyridine rings is 1. The maximum absolute atomic E-state index is 13.5. The summed E-state index contributed by atoms with van der Waals surface area (Å²) >= 11 is 13.0. The minimum absolute atomic E-state index is 0.0593. The topological polar surface area (TPSA) is 106 Å². The monoisotopic (exact) mass is 561 g/mol. The van der Waals surface area contributed by atoms with Crippen molar-refractivity contribution in [3.8, 4) is 17.0 Å². The van der Waals surface area contributed by atoms with Crippen LogP contribution in [0.4, 0.5) is 11.5 Å². The minimum Gasteiger partial charge on any atom is -0.487 e. The Hall–Kier alpha value is -3.88. The van der Waals surface area contributed by atoms with Crippen molar-refractivity contribution in [3.05, 3.63) is 87.2 Å². The smallest absolute Gasteiger partial charge is 0.335 e. The number of nitrogens with zero attached hydrogens (tertiary/aromatic N) is 3. The molecule has 0 atom stereocenters. The number of aromatic nitrogens is 2. The van der Waals surface area contributed by atoms with Crippen LogP contribution in [0.5, 0.6) is 5.75 Å². The van der Waals surface area contributed by atoms with Gasteiger partial charge in [-0.15, -0.1) is 0 Å². The molecule has 2 aromatic carbocycles. The van der Waals surface area contributed by atoms with Gasteiger partial charge in [0.25, 0.3) is 0 Å². The molecule has 1 aliphatic heterocycles. The van der Waals surface area contributed by atoms with Crippen LogP contribution in [0.15, 0.2) is 59.3 Å². The standard InChI is InChI=1S/C29H21Cl2N3O5/c30-21-2-1-3-22(31)23(21)24-19(25(39-33-24)15-4-5-15)14-38-18-12-20-26(32-13-18)34(28(37)29(20)10-11-29)17-8-6-16(7-9-17)27(35)36/h1-3,6-9,12-13,15H,4-5,10-11,14H2,(H,35,36). The number of anilines is 2. The van der Waals surface area contributed by atoms with E-state index in [1.54, 1.807) is 41.4 Å². The highest BCUT2D eigenvalue weighted by Crippen LogP contribution is 2.59. The van der Waals surface area contributed by atoms with Gasteiger partial charge in [0, 0.05) is 17.0 Å². The van der Waals surface area contributed by atoms with Crippen LogP contribution in [0.1, 0.15) is 58.8 Å². The fourth-order valence-corrected chi connectivity index (χ4v) is 5.85. The third-order valence-electron chi connectivity index (χ3n) is 7.65. The third kappa shape index (κ3) is 3.89. The SMILES string of the molecule is O=C(O)c1ccc(N2C(=O)C3(CC3)c3cc(OCc4c(-c5c(Cl)cccc5Cl)noc4C4CC4)cnc32)cc1. The van der Waals surface area contributed by atoms with E-state index >= 15 is 0 Å². The number of carbonyl (C=O) groups excluding carboxylic acids is 1. The lowest BCUT2D eigenvalue weighted by Gasteiger charge is -2.17.